The van der Waals surface area contributed by atoms with Gasteiger partial charge in [0.05, 0.1) is 0 Å². The third-order valence-corrected chi connectivity index (χ3v) is 2.27. The Morgan fingerprint density at radius 2 is 2.08 bits per heavy atom. The van der Waals surface area contributed by atoms with Crippen molar-refractivity contribution in [2.45, 2.75) is 33.1 Å². The summed E-state index contributed by atoms with van der Waals surface area (Å²) < 4.78 is 0. The van der Waals surface area contributed by atoms with Crippen molar-refractivity contribution in [2.24, 2.45) is 0 Å². The lowest BCUT2D eigenvalue weighted by Gasteiger charge is -2.14. The summed E-state index contributed by atoms with van der Waals surface area (Å²) in [5, 5.41) is 8.68. The first-order valence-electron chi connectivity index (χ1n) is 4.19. The van der Waals surface area contributed by atoms with E-state index in [1.54, 1.807) is 0 Å². The van der Waals surface area contributed by atoms with E-state index >= 15 is 0 Å². The van der Waals surface area contributed by atoms with Gasteiger partial charge >= 0.3 is 5.97 Å². The lowest BCUT2D eigenvalue weighted by molar-refractivity contribution is -0.132. The molecule has 1 rings (SSSR count). The van der Waals surface area contributed by atoms with E-state index in [0.717, 1.165) is 12.8 Å². The smallest absolute Gasteiger partial charge is 0.331 e. The Morgan fingerprint density at radius 1 is 1.42 bits per heavy atom. The van der Waals surface area contributed by atoms with Crippen LogP contribution in [0.4, 0.5) is 0 Å². The predicted octanol–water partition coefficient (Wildman–Crippen LogP) is 2.52. The molecular formula is C10H14O2. The van der Waals surface area contributed by atoms with Crippen LogP contribution in [0, 0.1) is 0 Å². The summed E-state index contributed by atoms with van der Waals surface area (Å²) in [6.07, 6.45) is 4.26. The first kappa shape index (κ1) is 9.04. The number of rotatable bonds is 1. The van der Waals surface area contributed by atoms with Gasteiger partial charge in [0.25, 0.3) is 0 Å². The van der Waals surface area contributed by atoms with E-state index in [9.17, 15) is 4.79 Å². The molecule has 66 valence electrons. The summed E-state index contributed by atoms with van der Waals surface area (Å²) in [5.74, 6) is -0.761. The zero-order valence-electron chi connectivity index (χ0n) is 7.55. The monoisotopic (exact) mass is 166 g/mol. The van der Waals surface area contributed by atoms with E-state index in [0.29, 0.717) is 12.0 Å². The number of hydrogen-bond donors (Lipinski definition) is 1. The molecule has 0 aliphatic heterocycles. The molecule has 0 aromatic carbocycles. The summed E-state index contributed by atoms with van der Waals surface area (Å²) in [5.41, 5.74) is 3.29. The second-order valence-corrected chi connectivity index (χ2v) is 3.34. The van der Waals surface area contributed by atoms with Crippen molar-refractivity contribution in [3.63, 3.8) is 0 Å². The Kier molecular flexibility index (Phi) is 2.69. The van der Waals surface area contributed by atoms with Gasteiger partial charge in [-0.3, -0.25) is 0 Å². The van der Waals surface area contributed by atoms with Crippen molar-refractivity contribution >= 4 is 5.97 Å². The fourth-order valence-electron chi connectivity index (χ4n) is 1.38. The highest BCUT2D eigenvalue weighted by molar-refractivity contribution is 5.86. The van der Waals surface area contributed by atoms with Crippen LogP contribution in [0.1, 0.15) is 33.1 Å². The summed E-state index contributed by atoms with van der Waals surface area (Å²) in [6.45, 7) is 4.16. The van der Waals surface area contributed by atoms with Crippen molar-refractivity contribution in [1.82, 2.24) is 0 Å². The molecule has 0 amide bonds. The van der Waals surface area contributed by atoms with Crippen LogP contribution in [-0.4, -0.2) is 11.1 Å². The van der Waals surface area contributed by atoms with E-state index in [1.807, 2.05) is 6.08 Å². The molecule has 0 saturated carbocycles. The molecule has 0 bridgehead atoms. The maximum atomic E-state index is 10.5. The summed E-state index contributed by atoms with van der Waals surface area (Å²) in [4.78, 5) is 10.5. The van der Waals surface area contributed by atoms with Crippen molar-refractivity contribution in [2.75, 3.05) is 0 Å². The molecule has 1 N–H and O–H groups in total. The Hall–Kier alpha value is -1.05. The molecule has 0 aromatic heterocycles. The second-order valence-electron chi connectivity index (χ2n) is 3.34. The van der Waals surface area contributed by atoms with E-state index in [1.165, 1.54) is 11.1 Å². The van der Waals surface area contributed by atoms with Gasteiger partial charge in [0, 0.05) is 5.57 Å². The normalized spacial score (nSPS) is 17.2. The maximum absolute atomic E-state index is 10.5. The molecular weight excluding hydrogens is 152 g/mol. The van der Waals surface area contributed by atoms with Gasteiger partial charge < -0.3 is 5.11 Å². The van der Waals surface area contributed by atoms with Gasteiger partial charge in [0.1, 0.15) is 0 Å². The quantitative estimate of drug-likeness (QED) is 0.608. The number of carboxylic acid groups (broad SMARTS) is 1. The maximum Gasteiger partial charge on any atom is 0.331 e. The van der Waals surface area contributed by atoms with Crippen LogP contribution in [0.5, 0.6) is 0 Å². The van der Waals surface area contributed by atoms with Gasteiger partial charge in [-0.2, -0.15) is 0 Å². The molecule has 0 atom stereocenters. The average Bonchev–Trinajstić information content (AvgIpc) is 2.04. The molecule has 0 radical (unpaired) electrons. The summed E-state index contributed by atoms with van der Waals surface area (Å²) in [7, 11) is 0. The van der Waals surface area contributed by atoms with Crippen LogP contribution in [0.2, 0.25) is 0 Å². The molecule has 0 saturated heterocycles. The van der Waals surface area contributed by atoms with Crippen LogP contribution in [0.15, 0.2) is 22.8 Å². The highest BCUT2D eigenvalue weighted by Gasteiger charge is 2.13. The number of carboxylic acids is 1. The minimum absolute atomic E-state index is 0.569. The molecule has 2 nitrogen and oxygen atoms in total. The van der Waals surface area contributed by atoms with E-state index in [-0.39, 0.29) is 0 Å². The molecule has 0 aromatic rings. The highest BCUT2D eigenvalue weighted by Crippen LogP contribution is 2.25. The largest absolute Gasteiger partial charge is 0.478 e. The molecule has 0 fully saturated rings. The Morgan fingerprint density at radius 3 is 2.42 bits per heavy atom. The van der Waals surface area contributed by atoms with E-state index in [2.05, 4.69) is 13.8 Å². The minimum Gasteiger partial charge on any atom is -0.478 e. The zero-order chi connectivity index (χ0) is 9.14. The number of aliphatic carboxylic acids is 1. The van der Waals surface area contributed by atoms with Crippen LogP contribution in [0.3, 0.4) is 0 Å². The fourth-order valence-corrected chi connectivity index (χ4v) is 1.38. The number of hydrogen-bond acceptors (Lipinski definition) is 1. The van der Waals surface area contributed by atoms with Crippen LogP contribution in [-0.2, 0) is 4.79 Å². The Bertz CT molecular complexity index is 255. The predicted molar refractivity (Wildman–Crippen MR) is 47.9 cm³/mol. The average molecular weight is 166 g/mol. The highest BCUT2D eigenvalue weighted by atomic mass is 16.4. The third kappa shape index (κ3) is 1.97. The van der Waals surface area contributed by atoms with Crippen LogP contribution < -0.4 is 0 Å². The first-order chi connectivity index (χ1) is 5.61. The van der Waals surface area contributed by atoms with Crippen molar-refractivity contribution in [3.8, 4) is 0 Å². The van der Waals surface area contributed by atoms with Crippen LogP contribution in [0.25, 0.3) is 0 Å². The van der Waals surface area contributed by atoms with Gasteiger partial charge in [-0.1, -0.05) is 17.2 Å². The Balaban J connectivity index is 2.72. The topological polar surface area (TPSA) is 37.3 Å². The third-order valence-electron chi connectivity index (χ3n) is 2.27. The van der Waals surface area contributed by atoms with Gasteiger partial charge in [0.15, 0.2) is 0 Å². The molecule has 0 spiro atoms. The lowest BCUT2D eigenvalue weighted by Crippen LogP contribution is -2.05. The molecule has 1 aliphatic carbocycles. The Labute approximate surface area is 72.6 Å². The molecule has 2 heteroatoms. The van der Waals surface area contributed by atoms with Crippen LogP contribution >= 0.6 is 0 Å². The van der Waals surface area contributed by atoms with Gasteiger partial charge in [-0.05, 0) is 33.1 Å². The fraction of sp³-hybridized carbons (Fsp3) is 0.500. The summed E-state index contributed by atoms with van der Waals surface area (Å²) in [6, 6.07) is 0. The minimum atomic E-state index is -0.761. The molecule has 12 heavy (non-hydrogen) atoms. The van der Waals surface area contributed by atoms with Gasteiger partial charge in [-0.25, -0.2) is 4.79 Å². The van der Waals surface area contributed by atoms with Gasteiger partial charge in [0.2, 0.25) is 0 Å². The van der Waals surface area contributed by atoms with E-state index < -0.39 is 5.97 Å². The SMILES string of the molecule is CC(C)=C1CC=C(C(=O)O)CC1. The standard InChI is InChI=1S/C10H14O2/c1-7(2)8-3-5-9(6-4-8)10(11)12/h5H,3-4,6H2,1-2H3,(H,11,12). The number of carbonyl (C=O) groups is 1. The summed E-state index contributed by atoms with van der Waals surface area (Å²) >= 11 is 0. The molecule has 0 heterocycles. The van der Waals surface area contributed by atoms with Crippen molar-refractivity contribution in [3.05, 3.63) is 22.8 Å². The van der Waals surface area contributed by atoms with Crippen molar-refractivity contribution < 1.29 is 9.90 Å². The second kappa shape index (κ2) is 3.57. The van der Waals surface area contributed by atoms with Crippen molar-refractivity contribution in [1.29, 1.82) is 0 Å². The molecule has 1 aliphatic rings. The lowest BCUT2D eigenvalue weighted by atomic mass is 9.92. The van der Waals surface area contributed by atoms with Gasteiger partial charge in [-0.15, -0.1) is 0 Å². The number of allylic oxidation sites excluding steroid dienone is 3. The zero-order valence-corrected chi connectivity index (χ0v) is 7.55. The van der Waals surface area contributed by atoms with E-state index in [4.69, 9.17) is 5.11 Å². The molecule has 0 unspecified atom stereocenters. The first-order valence-corrected chi connectivity index (χ1v) is 4.19.